The van der Waals surface area contributed by atoms with Gasteiger partial charge in [-0.25, -0.2) is 0 Å². The van der Waals surface area contributed by atoms with Crippen molar-refractivity contribution in [3.8, 4) is 0 Å². The van der Waals surface area contributed by atoms with E-state index in [1.807, 2.05) is 20.8 Å². The van der Waals surface area contributed by atoms with Crippen LogP contribution in [0.1, 0.15) is 40.0 Å². The lowest BCUT2D eigenvalue weighted by molar-refractivity contribution is 0.187. The van der Waals surface area contributed by atoms with Crippen molar-refractivity contribution < 1.29 is 24.8 Å². The molecule has 0 aliphatic carbocycles. The molecule has 0 aromatic heterocycles. The molecule has 0 heterocycles. The Morgan fingerprint density at radius 3 is 1.25 bits per heavy atom. The van der Waals surface area contributed by atoms with E-state index in [2.05, 4.69) is 0 Å². The third-order valence-corrected chi connectivity index (χ3v) is 5.29. The smallest absolute Gasteiger partial charge is 0.177 e. The highest BCUT2D eigenvalue weighted by atomic mass is 31.1. The fourth-order valence-electron chi connectivity index (χ4n) is 1.23. The summed E-state index contributed by atoms with van der Waals surface area (Å²) in [6.45, 7) is 5.60. The minimum Gasteiger partial charge on any atom is -0.388 e. The molecule has 0 amide bonds. The predicted octanol–water partition coefficient (Wildman–Crippen LogP) is 1.30. The van der Waals surface area contributed by atoms with Gasteiger partial charge in [0.1, 0.15) is 0 Å². The van der Waals surface area contributed by atoms with Crippen LogP contribution in [0.3, 0.4) is 0 Å². The Labute approximate surface area is 99.5 Å². The zero-order valence-electron chi connectivity index (χ0n) is 10.1. The van der Waals surface area contributed by atoms with Gasteiger partial charge in [0.05, 0.1) is 17.5 Å². The van der Waals surface area contributed by atoms with Gasteiger partial charge in [0.25, 0.3) is 0 Å². The molecule has 0 saturated heterocycles. The lowest BCUT2D eigenvalue weighted by Gasteiger charge is -2.30. The first kappa shape index (κ1) is 18.9. The first-order valence-electron chi connectivity index (χ1n) is 5.39. The van der Waals surface area contributed by atoms with Crippen LogP contribution in [0, 0.1) is 0 Å². The van der Waals surface area contributed by atoms with Crippen LogP contribution in [0.2, 0.25) is 0 Å². The lowest BCUT2D eigenvalue weighted by Crippen LogP contribution is -2.21. The summed E-state index contributed by atoms with van der Waals surface area (Å²) in [6.07, 6.45) is 1.79. The summed E-state index contributed by atoms with van der Waals surface area (Å²) in [5.41, 5.74) is 0. The second-order valence-corrected chi connectivity index (χ2v) is 6.11. The van der Waals surface area contributed by atoms with Crippen LogP contribution in [0.4, 0.5) is 0 Å². The molecule has 0 fully saturated rings. The van der Waals surface area contributed by atoms with Crippen LogP contribution in [-0.4, -0.2) is 37.7 Å². The molecule has 0 rings (SSSR count). The van der Waals surface area contributed by atoms with Gasteiger partial charge >= 0.3 is 0 Å². The first-order chi connectivity index (χ1) is 7.49. The monoisotopic (exact) mass is 274 g/mol. The topological polar surface area (TPSA) is 98.0 Å². The van der Waals surface area contributed by atoms with Crippen LogP contribution in [0.15, 0.2) is 0 Å². The maximum atomic E-state index is 9.63. The highest BCUT2D eigenvalue weighted by Gasteiger charge is 2.29. The van der Waals surface area contributed by atoms with E-state index in [1.54, 1.807) is 0 Å². The van der Waals surface area contributed by atoms with Crippen molar-refractivity contribution in [2.24, 2.45) is 0 Å². The van der Waals surface area contributed by atoms with E-state index >= 15 is 0 Å². The molecular formula is C9H24O5P2. The summed E-state index contributed by atoms with van der Waals surface area (Å²) < 4.78 is 8.57. The largest absolute Gasteiger partial charge is 0.388 e. The minimum absolute atomic E-state index is 0.542. The molecule has 0 aromatic carbocycles. The van der Waals surface area contributed by atoms with Crippen molar-refractivity contribution in [2.75, 3.05) is 0 Å². The average molecular weight is 274 g/mol. The SMILES string of the molecule is CCC(O)P(C(O)CC)C(O)CC.O=[PH2]O. The molecule has 7 heteroatoms. The Morgan fingerprint density at radius 1 is 0.938 bits per heavy atom. The molecule has 0 saturated carbocycles. The van der Waals surface area contributed by atoms with Crippen LogP contribution in [-0.2, 0) is 4.57 Å². The highest BCUT2D eigenvalue weighted by Crippen LogP contribution is 2.51. The van der Waals surface area contributed by atoms with E-state index in [0.29, 0.717) is 19.3 Å². The molecule has 4 unspecified atom stereocenters. The molecule has 4 N–H and O–H groups in total. The fourth-order valence-corrected chi connectivity index (χ4v) is 3.69. The Bertz CT molecular complexity index is 146. The van der Waals surface area contributed by atoms with Gasteiger partial charge in [-0.3, -0.25) is 4.57 Å². The van der Waals surface area contributed by atoms with Crippen molar-refractivity contribution in [3.05, 3.63) is 0 Å². The number of hydrogen-bond donors (Lipinski definition) is 4. The minimum atomic E-state index is -1.50. The predicted molar refractivity (Wildman–Crippen MR) is 68.4 cm³/mol. The highest BCUT2D eigenvalue weighted by molar-refractivity contribution is 7.59. The van der Waals surface area contributed by atoms with Crippen molar-refractivity contribution in [3.63, 3.8) is 0 Å². The van der Waals surface area contributed by atoms with Crippen LogP contribution >= 0.6 is 16.6 Å². The van der Waals surface area contributed by atoms with E-state index < -0.39 is 34.1 Å². The third kappa shape index (κ3) is 7.72. The molecule has 0 bridgehead atoms. The average Bonchev–Trinajstić information content (AvgIpc) is 2.29. The summed E-state index contributed by atoms with van der Waals surface area (Å²) in [5, 5.41) is 28.9. The van der Waals surface area contributed by atoms with Gasteiger partial charge in [-0.1, -0.05) is 20.8 Å². The number of aliphatic hydroxyl groups is 3. The summed E-state index contributed by atoms with van der Waals surface area (Å²) >= 11 is 0. The third-order valence-electron chi connectivity index (χ3n) is 2.13. The van der Waals surface area contributed by atoms with Gasteiger partial charge in [-0.05, 0) is 27.2 Å². The van der Waals surface area contributed by atoms with Crippen LogP contribution in [0.25, 0.3) is 0 Å². The van der Waals surface area contributed by atoms with E-state index in [-0.39, 0.29) is 0 Å². The van der Waals surface area contributed by atoms with Crippen LogP contribution in [0.5, 0.6) is 0 Å². The quantitative estimate of drug-likeness (QED) is 0.547. The number of rotatable bonds is 6. The maximum Gasteiger partial charge on any atom is 0.177 e. The van der Waals surface area contributed by atoms with Crippen molar-refractivity contribution in [1.29, 1.82) is 0 Å². The molecule has 0 spiro atoms. The number of aliphatic hydroxyl groups excluding tert-OH is 3. The summed E-state index contributed by atoms with van der Waals surface area (Å²) in [5.74, 6) is -1.63. The van der Waals surface area contributed by atoms with Gasteiger partial charge in [-0.15, -0.1) is 0 Å². The standard InChI is InChI=1S/C9H21O3P.H3O2P/c1-4-7(10)13(8(11)5-2)9(12)6-3;1-3-2/h7-12H,4-6H2,1-3H3;3H2,(H,1,2). The fraction of sp³-hybridized carbons (Fsp3) is 1.00. The summed E-state index contributed by atoms with van der Waals surface area (Å²) in [7, 11) is -2.58. The van der Waals surface area contributed by atoms with E-state index in [1.165, 1.54) is 0 Å². The molecule has 0 aromatic rings. The maximum absolute atomic E-state index is 9.63. The Morgan fingerprint density at radius 2 is 1.12 bits per heavy atom. The van der Waals surface area contributed by atoms with Gasteiger partial charge < -0.3 is 20.2 Å². The first-order valence-corrected chi connectivity index (χ1v) is 7.93. The Balaban J connectivity index is 0. The molecule has 0 radical (unpaired) electrons. The molecule has 5 nitrogen and oxygen atoms in total. The van der Waals surface area contributed by atoms with Gasteiger partial charge in [0.15, 0.2) is 8.69 Å². The Kier molecular flexibility index (Phi) is 14.1. The molecule has 16 heavy (non-hydrogen) atoms. The van der Waals surface area contributed by atoms with E-state index in [0.717, 1.165) is 0 Å². The molecule has 4 atom stereocenters. The number of hydrogen-bond acceptors (Lipinski definition) is 4. The summed E-state index contributed by atoms with van der Waals surface area (Å²) in [4.78, 5) is 7.10. The second-order valence-electron chi connectivity index (χ2n) is 3.22. The zero-order valence-corrected chi connectivity index (χ0v) is 12.1. The van der Waals surface area contributed by atoms with E-state index in [9.17, 15) is 15.3 Å². The zero-order chi connectivity index (χ0) is 13.1. The molecule has 100 valence electrons. The van der Waals surface area contributed by atoms with Gasteiger partial charge in [0, 0.05) is 0 Å². The van der Waals surface area contributed by atoms with E-state index in [4.69, 9.17) is 9.46 Å². The normalized spacial score (nSPS) is 18.7. The van der Waals surface area contributed by atoms with Crippen molar-refractivity contribution in [2.45, 2.75) is 57.6 Å². The van der Waals surface area contributed by atoms with Crippen molar-refractivity contribution in [1.82, 2.24) is 0 Å². The molecule has 0 aliphatic heterocycles. The summed E-state index contributed by atoms with van der Waals surface area (Å²) in [6, 6.07) is 0. The van der Waals surface area contributed by atoms with Crippen molar-refractivity contribution >= 4 is 16.6 Å². The van der Waals surface area contributed by atoms with Gasteiger partial charge in [0.2, 0.25) is 0 Å². The lowest BCUT2D eigenvalue weighted by atomic mass is 10.5. The molecule has 0 aliphatic rings. The van der Waals surface area contributed by atoms with Gasteiger partial charge in [-0.2, -0.15) is 0 Å². The van der Waals surface area contributed by atoms with Crippen LogP contribution < -0.4 is 0 Å². The second kappa shape index (κ2) is 12.0. The molecular weight excluding hydrogens is 250 g/mol. The Hall–Kier alpha value is 0.500.